The second kappa shape index (κ2) is 14.6. The van der Waals surface area contributed by atoms with Gasteiger partial charge in [0.2, 0.25) is 0 Å². The third-order valence-corrected chi connectivity index (χ3v) is 7.53. The second-order valence-corrected chi connectivity index (χ2v) is 10.7. The number of hydrogen-bond acceptors (Lipinski definition) is 6. The zero-order chi connectivity index (χ0) is 33.3. The van der Waals surface area contributed by atoms with E-state index in [1.165, 1.54) is 0 Å². The Morgan fingerprint density at radius 2 is 0.750 bits per heavy atom. The molecule has 0 spiro atoms. The molecule has 0 radical (unpaired) electrons. The fraction of sp³-hybridized carbons (Fsp3) is 0. The van der Waals surface area contributed by atoms with Gasteiger partial charge < -0.3 is 19.3 Å². The van der Waals surface area contributed by atoms with Gasteiger partial charge in [-0.05, 0) is 83.9 Å². The monoisotopic (exact) mass is 628 g/mol. The van der Waals surface area contributed by atoms with Crippen molar-refractivity contribution in [3.05, 3.63) is 183 Å². The van der Waals surface area contributed by atoms with Crippen LogP contribution < -0.4 is 19.3 Å². The summed E-state index contributed by atoms with van der Waals surface area (Å²) in [7, 11) is 0. The topological polar surface area (TPSA) is 59.1 Å². The van der Waals surface area contributed by atoms with E-state index in [0.29, 0.717) is 11.5 Å². The largest absolute Gasteiger partial charge is 0.423 e. The number of para-hydroxylation sites is 2. The Balaban J connectivity index is 1.30. The average Bonchev–Trinajstić information content (AvgIpc) is 3.14. The zero-order valence-electron chi connectivity index (χ0n) is 26.1. The van der Waals surface area contributed by atoms with Crippen molar-refractivity contribution >= 4 is 46.1 Å². The van der Waals surface area contributed by atoms with E-state index in [2.05, 4.69) is 71.5 Å². The van der Waals surface area contributed by atoms with Crippen LogP contribution in [0.25, 0.3) is 11.1 Å². The Bertz CT molecular complexity index is 1890. The van der Waals surface area contributed by atoms with E-state index < -0.39 is 11.9 Å². The van der Waals surface area contributed by atoms with Gasteiger partial charge in [0, 0.05) is 58.4 Å². The van der Waals surface area contributed by atoms with Crippen molar-refractivity contribution in [1.82, 2.24) is 0 Å². The molecule has 6 aromatic carbocycles. The van der Waals surface area contributed by atoms with Crippen molar-refractivity contribution in [2.24, 2.45) is 0 Å². The van der Waals surface area contributed by atoms with Crippen LogP contribution in [-0.4, -0.2) is 11.9 Å². The molecule has 0 heterocycles. The van der Waals surface area contributed by atoms with Crippen LogP contribution in [0.4, 0.5) is 34.1 Å². The van der Waals surface area contributed by atoms with Gasteiger partial charge in [0.1, 0.15) is 11.5 Å². The van der Waals surface area contributed by atoms with Crippen LogP contribution in [0.3, 0.4) is 0 Å². The molecule has 6 aromatic rings. The Hall–Kier alpha value is -6.66. The quantitative estimate of drug-likeness (QED) is 0.0808. The normalized spacial score (nSPS) is 10.4. The van der Waals surface area contributed by atoms with Gasteiger partial charge in [-0.25, -0.2) is 9.59 Å². The molecule has 0 atom stereocenters. The summed E-state index contributed by atoms with van der Waals surface area (Å²) in [6, 6.07) is 51.5. The molecular formula is C42H32N2O4. The Morgan fingerprint density at radius 1 is 0.417 bits per heavy atom. The van der Waals surface area contributed by atoms with Crippen LogP contribution in [0.1, 0.15) is 0 Å². The summed E-state index contributed by atoms with van der Waals surface area (Å²) in [4.78, 5) is 27.9. The Labute approximate surface area is 280 Å². The first-order valence-corrected chi connectivity index (χ1v) is 15.3. The van der Waals surface area contributed by atoms with Crippen molar-refractivity contribution in [3.63, 3.8) is 0 Å². The molecule has 0 amide bonds. The lowest BCUT2D eigenvalue weighted by Crippen LogP contribution is -2.11. The highest BCUT2D eigenvalue weighted by molar-refractivity contribution is 5.85. The van der Waals surface area contributed by atoms with Crippen LogP contribution in [0.5, 0.6) is 11.5 Å². The van der Waals surface area contributed by atoms with Gasteiger partial charge >= 0.3 is 11.9 Å². The van der Waals surface area contributed by atoms with Crippen LogP contribution >= 0.6 is 0 Å². The van der Waals surface area contributed by atoms with E-state index >= 15 is 0 Å². The predicted molar refractivity (Wildman–Crippen MR) is 193 cm³/mol. The number of ether oxygens (including phenoxy) is 2. The van der Waals surface area contributed by atoms with Gasteiger partial charge in [0.15, 0.2) is 0 Å². The molecule has 0 fully saturated rings. The summed E-state index contributed by atoms with van der Waals surface area (Å²) in [6.07, 6.45) is 2.29. The number of hydrogen-bond donors (Lipinski definition) is 0. The maximum atomic E-state index is 11.9. The minimum atomic E-state index is -0.511. The second-order valence-electron chi connectivity index (χ2n) is 10.7. The molecule has 0 aliphatic rings. The van der Waals surface area contributed by atoms with Crippen LogP contribution in [0.2, 0.25) is 0 Å². The lowest BCUT2D eigenvalue weighted by Gasteiger charge is -2.26. The number of anilines is 6. The van der Waals surface area contributed by atoms with E-state index in [1.54, 1.807) is 12.1 Å². The van der Waals surface area contributed by atoms with Gasteiger partial charge in [-0.15, -0.1) is 0 Å². The van der Waals surface area contributed by atoms with E-state index in [1.807, 2.05) is 97.1 Å². The fourth-order valence-corrected chi connectivity index (χ4v) is 5.34. The maximum absolute atomic E-state index is 11.9. The van der Waals surface area contributed by atoms with E-state index in [0.717, 1.165) is 57.4 Å². The lowest BCUT2D eigenvalue weighted by atomic mass is 10.0. The maximum Gasteiger partial charge on any atom is 0.335 e. The molecule has 0 N–H and O–H groups in total. The molecule has 0 unspecified atom stereocenters. The molecule has 6 nitrogen and oxygen atoms in total. The van der Waals surface area contributed by atoms with Crippen molar-refractivity contribution in [1.29, 1.82) is 0 Å². The first-order valence-electron chi connectivity index (χ1n) is 15.3. The van der Waals surface area contributed by atoms with Gasteiger partial charge in [-0.1, -0.05) is 86.0 Å². The molecule has 6 rings (SSSR count). The summed E-state index contributed by atoms with van der Waals surface area (Å²) in [5.74, 6) is -0.153. The standard InChI is InChI=1S/C42H32N2O4/c1-3-41(45)47-39-19-11-17-37(29-39)43(33-13-7-5-8-14-33)35-25-21-31(22-26-35)32-23-27-36(28-24-32)44(34-15-9-6-10-16-34)38-18-12-20-40(30-38)48-42(46)4-2/h3-30H,1-2H2. The number of benzene rings is 6. The number of rotatable bonds is 11. The van der Waals surface area contributed by atoms with Gasteiger partial charge in [0.05, 0.1) is 0 Å². The number of carbonyl (C=O) groups is 2. The van der Waals surface area contributed by atoms with Gasteiger partial charge in [-0.2, -0.15) is 0 Å². The fourth-order valence-electron chi connectivity index (χ4n) is 5.34. The molecule has 0 saturated heterocycles. The lowest BCUT2D eigenvalue weighted by molar-refractivity contribution is -0.129. The minimum Gasteiger partial charge on any atom is -0.423 e. The number of nitrogens with zero attached hydrogens (tertiary/aromatic N) is 2. The van der Waals surface area contributed by atoms with E-state index in [9.17, 15) is 9.59 Å². The van der Waals surface area contributed by atoms with Crippen LogP contribution in [0.15, 0.2) is 183 Å². The summed E-state index contributed by atoms with van der Waals surface area (Å²) >= 11 is 0. The molecule has 0 bridgehead atoms. The zero-order valence-corrected chi connectivity index (χ0v) is 26.1. The third-order valence-electron chi connectivity index (χ3n) is 7.53. The molecule has 0 aromatic heterocycles. The number of esters is 2. The molecule has 48 heavy (non-hydrogen) atoms. The smallest absolute Gasteiger partial charge is 0.335 e. The van der Waals surface area contributed by atoms with Crippen molar-refractivity contribution < 1.29 is 19.1 Å². The van der Waals surface area contributed by atoms with Crippen LogP contribution in [0, 0.1) is 0 Å². The molecule has 0 aliphatic heterocycles. The molecule has 6 heteroatoms. The molecule has 0 saturated carbocycles. The van der Waals surface area contributed by atoms with E-state index in [-0.39, 0.29) is 0 Å². The van der Waals surface area contributed by atoms with Crippen LogP contribution in [-0.2, 0) is 9.59 Å². The SMILES string of the molecule is C=CC(=O)Oc1cccc(N(c2ccccc2)c2ccc(-c3ccc(N(c4ccccc4)c4cccc(OC(=O)C=C)c4)cc3)cc2)c1. The van der Waals surface area contributed by atoms with E-state index in [4.69, 9.17) is 9.47 Å². The summed E-state index contributed by atoms with van der Waals surface area (Å²) < 4.78 is 10.8. The summed E-state index contributed by atoms with van der Waals surface area (Å²) in [5.41, 5.74) is 7.61. The average molecular weight is 629 g/mol. The molecule has 234 valence electrons. The van der Waals surface area contributed by atoms with Gasteiger partial charge in [0.25, 0.3) is 0 Å². The highest BCUT2D eigenvalue weighted by Crippen LogP contribution is 2.39. The highest BCUT2D eigenvalue weighted by atomic mass is 16.5. The minimum absolute atomic E-state index is 0.434. The first-order chi connectivity index (χ1) is 23.5. The first kappa shape index (κ1) is 31.3. The Kier molecular flexibility index (Phi) is 9.54. The van der Waals surface area contributed by atoms with Gasteiger partial charge in [-0.3, -0.25) is 0 Å². The molecular weight excluding hydrogens is 596 g/mol. The Morgan fingerprint density at radius 3 is 1.10 bits per heavy atom. The van der Waals surface area contributed by atoms with Crippen molar-refractivity contribution in [3.8, 4) is 22.6 Å². The third kappa shape index (κ3) is 7.25. The predicted octanol–water partition coefficient (Wildman–Crippen LogP) is 10.5. The summed E-state index contributed by atoms with van der Waals surface area (Å²) in [5, 5.41) is 0. The van der Waals surface area contributed by atoms with Crippen molar-refractivity contribution in [2.45, 2.75) is 0 Å². The summed E-state index contributed by atoms with van der Waals surface area (Å²) in [6.45, 7) is 6.99. The molecule has 0 aliphatic carbocycles. The highest BCUT2D eigenvalue weighted by Gasteiger charge is 2.16. The van der Waals surface area contributed by atoms with Crippen molar-refractivity contribution in [2.75, 3.05) is 9.80 Å². The number of carbonyl (C=O) groups excluding carboxylic acids is 2.